The molecule has 128 valence electrons. The van der Waals surface area contributed by atoms with E-state index in [0.717, 1.165) is 0 Å². The molecule has 2 amide bonds. The molecule has 1 aromatic heterocycles. The van der Waals surface area contributed by atoms with Crippen LogP contribution in [-0.4, -0.2) is 32.5 Å². The Morgan fingerprint density at radius 2 is 1.92 bits per heavy atom. The summed E-state index contributed by atoms with van der Waals surface area (Å²) in [5.74, 6) is -0.00284. The summed E-state index contributed by atoms with van der Waals surface area (Å²) >= 11 is 1.49. The molecule has 2 heterocycles. The number of hydrogen-bond donors (Lipinski definition) is 1. The minimum absolute atomic E-state index is 0.0248. The molecule has 9 heteroatoms. The van der Waals surface area contributed by atoms with Gasteiger partial charge in [0.25, 0.3) is 11.6 Å². The van der Waals surface area contributed by atoms with Crippen LogP contribution in [0, 0.1) is 10.1 Å². The molecule has 1 atom stereocenters. The quantitative estimate of drug-likeness (QED) is 0.664. The molecule has 1 aliphatic rings. The highest BCUT2D eigenvalue weighted by Crippen LogP contribution is 2.36. The average molecular weight is 358 g/mol. The zero-order valence-corrected chi connectivity index (χ0v) is 13.8. The first-order valence-corrected chi connectivity index (χ1v) is 8.50. The van der Waals surface area contributed by atoms with Crippen LogP contribution in [0.3, 0.4) is 0 Å². The fourth-order valence-corrected chi connectivity index (χ4v) is 3.57. The van der Waals surface area contributed by atoms with Crippen LogP contribution in [0.1, 0.15) is 27.7 Å². The number of amides is 2. The smallest absolute Gasteiger partial charge is 0.270 e. The Bertz CT molecular complexity index is 798. The van der Waals surface area contributed by atoms with Gasteiger partial charge in [-0.1, -0.05) is 0 Å². The highest BCUT2D eigenvalue weighted by molar-refractivity contribution is 7.99. The molecular weight excluding hydrogens is 344 g/mol. The third-order valence-electron chi connectivity index (χ3n) is 3.65. The molecule has 1 N–H and O–H groups in total. The number of aromatic nitrogens is 1. The number of nitrogens with zero attached hydrogens (tertiary/aromatic N) is 3. The molecule has 0 radical (unpaired) electrons. The van der Waals surface area contributed by atoms with Crippen LogP contribution in [0.5, 0.6) is 0 Å². The van der Waals surface area contributed by atoms with E-state index >= 15 is 0 Å². The van der Waals surface area contributed by atoms with E-state index in [2.05, 4.69) is 10.4 Å². The molecule has 2 aromatic rings. The van der Waals surface area contributed by atoms with Crippen LogP contribution in [0.4, 0.5) is 5.69 Å². The van der Waals surface area contributed by atoms with Gasteiger partial charge in [0.15, 0.2) is 0 Å². The van der Waals surface area contributed by atoms with Crippen molar-refractivity contribution in [1.82, 2.24) is 15.4 Å². The normalized spacial score (nSPS) is 17.2. The molecule has 0 bridgehead atoms. The molecule has 0 aliphatic carbocycles. The lowest BCUT2D eigenvalue weighted by Gasteiger charge is -2.35. The Morgan fingerprint density at radius 1 is 1.24 bits per heavy atom. The summed E-state index contributed by atoms with van der Waals surface area (Å²) < 4.78 is 0. The maximum Gasteiger partial charge on any atom is 0.270 e. The van der Waals surface area contributed by atoms with E-state index in [1.165, 1.54) is 41.3 Å². The van der Waals surface area contributed by atoms with E-state index < -0.39 is 16.2 Å². The summed E-state index contributed by atoms with van der Waals surface area (Å²) in [4.78, 5) is 38.8. The lowest BCUT2D eigenvalue weighted by atomic mass is 10.2. The van der Waals surface area contributed by atoms with Gasteiger partial charge in [-0.2, -0.15) is 0 Å². The Labute approximate surface area is 147 Å². The number of benzene rings is 1. The number of rotatable bonds is 4. The van der Waals surface area contributed by atoms with Crippen molar-refractivity contribution in [3.63, 3.8) is 0 Å². The number of hydrazine groups is 1. The molecule has 8 nitrogen and oxygen atoms in total. The van der Waals surface area contributed by atoms with Gasteiger partial charge < -0.3 is 0 Å². The van der Waals surface area contributed by atoms with Crippen molar-refractivity contribution in [2.24, 2.45) is 0 Å². The van der Waals surface area contributed by atoms with Gasteiger partial charge in [-0.05, 0) is 29.8 Å². The predicted molar refractivity (Wildman–Crippen MR) is 91.5 cm³/mol. The van der Waals surface area contributed by atoms with Crippen LogP contribution in [0.15, 0.2) is 48.8 Å². The van der Waals surface area contributed by atoms with Gasteiger partial charge in [0.2, 0.25) is 5.91 Å². The number of carbonyl (C=O) groups is 2. The third-order valence-corrected chi connectivity index (χ3v) is 4.89. The van der Waals surface area contributed by atoms with Crippen LogP contribution < -0.4 is 5.43 Å². The van der Waals surface area contributed by atoms with Crippen molar-refractivity contribution in [3.05, 3.63) is 70.0 Å². The first-order valence-electron chi connectivity index (χ1n) is 7.45. The van der Waals surface area contributed by atoms with E-state index in [0.29, 0.717) is 23.3 Å². The molecule has 0 saturated carbocycles. The predicted octanol–water partition coefficient (Wildman–Crippen LogP) is 2.30. The average Bonchev–Trinajstić information content (AvgIpc) is 2.64. The summed E-state index contributed by atoms with van der Waals surface area (Å²) in [5.41, 5.74) is 3.71. The standard InChI is InChI=1S/C16H14N4O4S/c21-14-7-10-25-16(12-1-3-13(4-2-12)20(23)24)19(14)18-15(22)11-5-8-17-9-6-11/h1-6,8-9,16H,7,10H2,(H,18,22). The SMILES string of the molecule is O=C(NN1C(=O)CCSC1c1ccc([N+](=O)[O-])cc1)c1ccncc1. The van der Waals surface area contributed by atoms with Gasteiger partial charge in [-0.15, -0.1) is 11.8 Å². The number of pyridine rings is 1. The number of thioether (sulfide) groups is 1. The monoisotopic (exact) mass is 358 g/mol. The molecule has 1 saturated heterocycles. The molecular formula is C16H14N4O4S. The van der Waals surface area contributed by atoms with Crippen molar-refractivity contribution in [3.8, 4) is 0 Å². The second kappa shape index (κ2) is 7.31. The van der Waals surface area contributed by atoms with E-state index in [4.69, 9.17) is 0 Å². The molecule has 25 heavy (non-hydrogen) atoms. The maximum atomic E-state index is 12.3. The van der Waals surface area contributed by atoms with Crippen LogP contribution in [0.25, 0.3) is 0 Å². The van der Waals surface area contributed by atoms with Gasteiger partial charge >= 0.3 is 0 Å². The maximum absolute atomic E-state index is 12.3. The van der Waals surface area contributed by atoms with Gasteiger partial charge in [0.05, 0.1) is 4.92 Å². The third kappa shape index (κ3) is 3.77. The number of nitro benzene ring substituents is 1. The van der Waals surface area contributed by atoms with Crippen molar-refractivity contribution < 1.29 is 14.5 Å². The summed E-state index contributed by atoms with van der Waals surface area (Å²) in [6, 6.07) is 9.07. The van der Waals surface area contributed by atoms with Crippen molar-refractivity contribution in [1.29, 1.82) is 0 Å². The molecule has 1 aromatic carbocycles. The molecule has 0 spiro atoms. The fourth-order valence-electron chi connectivity index (χ4n) is 2.39. The number of nitro groups is 1. The Balaban J connectivity index is 1.82. The second-order valence-electron chi connectivity index (χ2n) is 5.26. The molecule has 1 aliphatic heterocycles. The van der Waals surface area contributed by atoms with E-state index in [-0.39, 0.29) is 11.6 Å². The topological polar surface area (TPSA) is 105 Å². The molecule has 3 rings (SSSR count). The highest BCUT2D eigenvalue weighted by Gasteiger charge is 2.31. The van der Waals surface area contributed by atoms with Crippen molar-refractivity contribution >= 4 is 29.3 Å². The Kier molecular flexibility index (Phi) is 4.94. The van der Waals surface area contributed by atoms with E-state index in [9.17, 15) is 19.7 Å². The molecule has 1 unspecified atom stereocenters. The van der Waals surface area contributed by atoms with Gasteiger partial charge in [-0.3, -0.25) is 30.1 Å². The zero-order valence-electron chi connectivity index (χ0n) is 13.0. The fraction of sp³-hybridized carbons (Fsp3) is 0.188. The lowest BCUT2D eigenvalue weighted by molar-refractivity contribution is -0.384. The summed E-state index contributed by atoms with van der Waals surface area (Å²) in [7, 11) is 0. The van der Waals surface area contributed by atoms with E-state index in [1.54, 1.807) is 24.3 Å². The van der Waals surface area contributed by atoms with Crippen LogP contribution >= 0.6 is 11.8 Å². The largest absolute Gasteiger partial charge is 0.273 e. The van der Waals surface area contributed by atoms with Gasteiger partial charge in [-0.25, -0.2) is 5.01 Å². The number of non-ortho nitro benzene ring substituents is 1. The minimum atomic E-state index is -0.480. The first kappa shape index (κ1) is 16.9. The van der Waals surface area contributed by atoms with E-state index in [1.807, 2.05) is 0 Å². The highest BCUT2D eigenvalue weighted by atomic mass is 32.2. The van der Waals surface area contributed by atoms with Gasteiger partial charge in [0, 0.05) is 42.3 Å². The van der Waals surface area contributed by atoms with Crippen LogP contribution in [0.2, 0.25) is 0 Å². The zero-order chi connectivity index (χ0) is 17.8. The number of nitrogens with one attached hydrogen (secondary N) is 1. The Morgan fingerprint density at radius 3 is 2.56 bits per heavy atom. The van der Waals surface area contributed by atoms with Crippen molar-refractivity contribution in [2.45, 2.75) is 11.8 Å². The first-order chi connectivity index (χ1) is 12.1. The van der Waals surface area contributed by atoms with Crippen molar-refractivity contribution in [2.75, 3.05) is 5.75 Å². The summed E-state index contributed by atoms with van der Waals surface area (Å²) in [6.45, 7) is 0. The van der Waals surface area contributed by atoms with Crippen LogP contribution in [-0.2, 0) is 4.79 Å². The second-order valence-corrected chi connectivity index (χ2v) is 6.45. The number of hydrogen-bond acceptors (Lipinski definition) is 6. The Hall–Kier alpha value is -2.94. The molecule has 1 fully saturated rings. The lowest BCUT2D eigenvalue weighted by Crippen LogP contribution is -2.49. The summed E-state index contributed by atoms with van der Waals surface area (Å²) in [5, 5.41) is 11.6. The summed E-state index contributed by atoms with van der Waals surface area (Å²) in [6.07, 6.45) is 3.30. The minimum Gasteiger partial charge on any atom is -0.273 e. The number of carbonyl (C=O) groups excluding carboxylic acids is 2. The van der Waals surface area contributed by atoms with Gasteiger partial charge in [0.1, 0.15) is 5.37 Å².